The number of benzene rings is 1. The van der Waals surface area contributed by atoms with Crippen molar-refractivity contribution in [1.82, 2.24) is 15.5 Å². The standard InChI is InChI=1S/C18H27ClN4O2/c1-12(2)22-18(25)16-9-15(20)11-23(16)8-7-17(24)21-10-13-3-5-14(19)6-4-13/h3-6,12,15-16H,7-11,20H2,1-2H3,(H,21,24)(H,22,25)/t15-,16+/m1/s1. The van der Waals surface area contributed by atoms with E-state index in [0.29, 0.717) is 37.5 Å². The van der Waals surface area contributed by atoms with Crippen molar-refractivity contribution >= 4 is 23.4 Å². The number of carbonyl (C=O) groups is 2. The zero-order valence-corrected chi connectivity index (χ0v) is 15.6. The largest absolute Gasteiger partial charge is 0.353 e. The van der Waals surface area contributed by atoms with Gasteiger partial charge in [-0.1, -0.05) is 23.7 Å². The molecule has 2 amide bonds. The van der Waals surface area contributed by atoms with Gasteiger partial charge < -0.3 is 16.4 Å². The molecule has 2 rings (SSSR count). The molecule has 1 aliphatic heterocycles. The molecule has 1 aromatic rings. The number of carbonyl (C=O) groups excluding carboxylic acids is 2. The van der Waals surface area contributed by atoms with Gasteiger partial charge in [-0.2, -0.15) is 0 Å². The number of nitrogens with zero attached hydrogens (tertiary/aromatic N) is 1. The van der Waals surface area contributed by atoms with Crippen molar-refractivity contribution in [3.05, 3.63) is 34.9 Å². The summed E-state index contributed by atoms with van der Waals surface area (Å²) in [6.45, 7) is 5.49. The van der Waals surface area contributed by atoms with Gasteiger partial charge in [-0.25, -0.2) is 0 Å². The maximum atomic E-state index is 12.3. The van der Waals surface area contributed by atoms with Crippen LogP contribution in [0.25, 0.3) is 0 Å². The van der Waals surface area contributed by atoms with Crippen molar-refractivity contribution in [2.45, 2.75) is 51.4 Å². The number of amides is 2. The third-order valence-corrected chi connectivity index (χ3v) is 4.45. The van der Waals surface area contributed by atoms with E-state index in [9.17, 15) is 9.59 Å². The van der Waals surface area contributed by atoms with E-state index in [1.807, 2.05) is 30.9 Å². The molecule has 0 aromatic heterocycles. The fourth-order valence-corrected chi connectivity index (χ4v) is 3.10. The highest BCUT2D eigenvalue weighted by molar-refractivity contribution is 6.30. The van der Waals surface area contributed by atoms with Crippen molar-refractivity contribution in [3.63, 3.8) is 0 Å². The average Bonchev–Trinajstić information content (AvgIpc) is 2.93. The summed E-state index contributed by atoms with van der Waals surface area (Å²) in [5.74, 6) is -0.0528. The van der Waals surface area contributed by atoms with Gasteiger partial charge in [0.15, 0.2) is 0 Å². The first-order valence-electron chi connectivity index (χ1n) is 8.66. The number of rotatable bonds is 7. The smallest absolute Gasteiger partial charge is 0.237 e. The molecule has 25 heavy (non-hydrogen) atoms. The Balaban J connectivity index is 1.79. The van der Waals surface area contributed by atoms with E-state index in [2.05, 4.69) is 10.6 Å². The molecule has 1 heterocycles. The van der Waals surface area contributed by atoms with Gasteiger partial charge in [0.1, 0.15) is 0 Å². The maximum Gasteiger partial charge on any atom is 0.237 e. The van der Waals surface area contributed by atoms with Crippen molar-refractivity contribution < 1.29 is 9.59 Å². The molecule has 6 nitrogen and oxygen atoms in total. The van der Waals surface area contributed by atoms with Gasteiger partial charge in [0.2, 0.25) is 11.8 Å². The number of hydrogen-bond donors (Lipinski definition) is 3. The van der Waals surface area contributed by atoms with Gasteiger partial charge in [-0.05, 0) is 38.0 Å². The zero-order chi connectivity index (χ0) is 18.4. The van der Waals surface area contributed by atoms with Crippen LogP contribution in [0.1, 0.15) is 32.3 Å². The monoisotopic (exact) mass is 366 g/mol. The van der Waals surface area contributed by atoms with E-state index in [0.717, 1.165) is 5.56 Å². The normalized spacial score (nSPS) is 20.7. The molecule has 1 aromatic carbocycles. The Hall–Kier alpha value is -1.63. The highest BCUT2D eigenvalue weighted by atomic mass is 35.5. The van der Waals surface area contributed by atoms with Gasteiger partial charge in [-0.15, -0.1) is 0 Å². The maximum absolute atomic E-state index is 12.3. The highest BCUT2D eigenvalue weighted by Gasteiger charge is 2.35. The van der Waals surface area contributed by atoms with Crippen LogP contribution in [0.3, 0.4) is 0 Å². The molecular formula is C18H27ClN4O2. The Morgan fingerprint density at radius 2 is 2.00 bits per heavy atom. The van der Waals surface area contributed by atoms with E-state index >= 15 is 0 Å². The molecule has 4 N–H and O–H groups in total. The Morgan fingerprint density at radius 3 is 2.64 bits per heavy atom. The van der Waals surface area contributed by atoms with Gasteiger partial charge in [0, 0.05) is 43.2 Å². The molecule has 1 fully saturated rings. The number of halogens is 1. The lowest BCUT2D eigenvalue weighted by Crippen LogP contribution is -2.46. The number of likely N-dealkylation sites (tertiary alicyclic amines) is 1. The first kappa shape index (κ1) is 19.7. The summed E-state index contributed by atoms with van der Waals surface area (Å²) in [6.07, 6.45) is 0.969. The summed E-state index contributed by atoms with van der Waals surface area (Å²) in [4.78, 5) is 26.4. The van der Waals surface area contributed by atoms with Crippen molar-refractivity contribution in [1.29, 1.82) is 0 Å². The fraction of sp³-hybridized carbons (Fsp3) is 0.556. The number of nitrogens with one attached hydrogen (secondary N) is 2. The predicted octanol–water partition coefficient (Wildman–Crippen LogP) is 1.27. The van der Waals surface area contributed by atoms with Gasteiger partial charge in [0.05, 0.1) is 6.04 Å². The van der Waals surface area contributed by atoms with Crippen LogP contribution in [0, 0.1) is 0 Å². The fourth-order valence-electron chi connectivity index (χ4n) is 2.98. The first-order chi connectivity index (χ1) is 11.8. The van der Waals surface area contributed by atoms with Gasteiger partial charge >= 0.3 is 0 Å². The third kappa shape index (κ3) is 6.30. The lowest BCUT2D eigenvalue weighted by atomic mass is 10.1. The van der Waals surface area contributed by atoms with Crippen molar-refractivity contribution in [2.75, 3.05) is 13.1 Å². The first-order valence-corrected chi connectivity index (χ1v) is 9.04. The van der Waals surface area contributed by atoms with Crippen LogP contribution in [-0.4, -0.2) is 47.9 Å². The Kier molecular flexibility index (Phi) is 7.23. The van der Waals surface area contributed by atoms with Crippen LogP contribution in [0.15, 0.2) is 24.3 Å². The summed E-state index contributed by atoms with van der Waals surface area (Å²) in [5, 5.41) is 6.49. The zero-order valence-electron chi connectivity index (χ0n) is 14.8. The summed E-state index contributed by atoms with van der Waals surface area (Å²) >= 11 is 5.84. The molecule has 138 valence electrons. The molecule has 0 aliphatic carbocycles. The molecule has 7 heteroatoms. The minimum Gasteiger partial charge on any atom is -0.353 e. The molecule has 0 unspecified atom stereocenters. The minimum absolute atomic E-state index is 0.00970. The van der Waals surface area contributed by atoms with Crippen LogP contribution >= 0.6 is 11.6 Å². The van der Waals surface area contributed by atoms with Crippen molar-refractivity contribution in [3.8, 4) is 0 Å². The van der Waals surface area contributed by atoms with Gasteiger partial charge in [0.25, 0.3) is 0 Å². The van der Waals surface area contributed by atoms with E-state index in [1.54, 1.807) is 12.1 Å². The Labute approximate surface area is 154 Å². The van der Waals surface area contributed by atoms with Crippen LogP contribution in [0.4, 0.5) is 0 Å². The molecular weight excluding hydrogens is 340 g/mol. The molecule has 1 aliphatic rings. The van der Waals surface area contributed by atoms with Gasteiger partial charge in [-0.3, -0.25) is 14.5 Å². The molecule has 1 saturated heterocycles. The second kappa shape index (κ2) is 9.17. The number of hydrogen-bond acceptors (Lipinski definition) is 4. The third-order valence-electron chi connectivity index (χ3n) is 4.20. The Morgan fingerprint density at radius 1 is 1.32 bits per heavy atom. The van der Waals surface area contributed by atoms with Crippen LogP contribution in [-0.2, 0) is 16.1 Å². The molecule has 0 spiro atoms. The van der Waals surface area contributed by atoms with E-state index in [4.69, 9.17) is 17.3 Å². The molecule has 0 bridgehead atoms. The SMILES string of the molecule is CC(C)NC(=O)[C@@H]1C[C@@H](N)CN1CCC(=O)NCc1ccc(Cl)cc1. The minimum atomic E-state index is -0.249. The number of nitrogens with two attached hydrogens (primary N) is 1. The lowest BCUT2D eigenvalue weighted by molar-refractivity contribution is -0.127. The van der Waals surface area contributed by atoms with E-state index in [1.165, 1.54) is 0 Å². The highest BCUT2D eigenvalue weighted by Crippen LogP contribution is 2.17. The molecule has 0 saturated carbocycles. The topological polar surface area (TPSA) is 87.5 Å². The second-order valence-corrected chi connectivity index (χ2v) is 7.26. The van der Waals surface area contributed by atoms with E-state index < -0.39 is 0 Å². The quantitative estimate of drug-likeness (QED) is 0.678. The van der Waals surface area contributed by atoms with Crippen LogP contribution < -0.4 is 16.4 Å². The summed E-state index contributed by atoms with van der Waals surface area (Å²) in [7, 11) is 0. The summed E-state index contributed by atoms with van der Waals surface area (Å²) in [6, 6.07) is 7.18. The van der Waals surface area contributed by atoms with E-state index in [-0.39, 0.29) is 29.9 Å². The molecule has 2 atom stereocenters. The molecule has 0 radical (unpaired) electrons. The summed E-state index contributed by atoms with van der Waals surface area (Å²) in [5.41, 5.74) is 7.00. The van der Waals surface area contributed by atoms with Crippen LogP contribution in [0.2, 0.25) is 5.02 Å². The summed E-state index contributed by atoms with van der Waals surface area (Å²) < 4.78 is 0. The average molecular weight is 367 g/mol. The van der Waals surface area contributed by atoms with Crippen molar-refractivity contribution in [2.24, 2.45) is 5.73 Å². The lowest BCUT2D eigenvalue weighted by Gasteiger charge is -2.24. The predicted molar refractivity (Wildman–Crippen MR) is 99.1 cm³/mol. The van der Waals surface area contributed by atoms with Crippen LogP contribution in [0.5, 0.6) is 0 Å². The second-order valence-electron chi connectivity index (χ2n) is 6.82. The Bertz CT molecular complexity index is 591.